The van der Waals surface area contributed by atoms with Gasteiger partial charge in [0.15, 0.2) is 0 Å². The normalized spacial score (nSPS) is 16.1. The van der Waals surface area contributed by atoms with Crippen LogP contribution in [0.2, 0.25) is 5.02 Å². The highest BCUT2D eigenvalue weighted by atomic mass is 35.5. The minimum absolute atomic E-state index is 0.0282. The first kappa shape index (κ1) is 14.6. The molecule has 1 aliphatic heterocycles. The first-order valence-electron chi connectivity index (χ1n) is 6.38. The van der Waals surface area contributed by atoms with E-state index < -0.39 is 10.9 Å². The molecular weight excluding hydrogens is 284 g/mol. The van der Waals surface area contributed by atoms with Crippen LogP contribution in [0.5, 0.6) is 0 Å². The van der Waals surface area contributed by atoms with Crippen LogP contribution in [0.25, 0.3) is 0 Å². The molecule has 1 aromatic rings. The van der Waals surface area contributed by atoms with Gasteiger partial charge in [-0.25, -0.2) is 0 Å². The van der Waals surface area contributed by atoms with Crippen molar-refractivity contribution in [1.29, 1.82) is 0 Å². The zero-order valence-electron chi connectivity index (χ0n) is 10.8. The van der Waals surface area contributed by atoms with Gasteiger partial charge in [-0.1, -0.05) is 11.6 Å². The number of non-ortho nitro benzene ring substituents is 1. The molecule has 0 spiro atoms. The third kappa shape index (κ3) is 3.39. The molecule has 1 fully saturated rings. The van der Waals surface area contributed by atoms with Crippen molar-refractivity contribution in [3.05, 3.63) is 33.3 Å². The Morgan fingerprint density at radius 1 is 1.45 bits per heavy atom. The van der Waals surface area contributed by atoms with Crippen LogP contribution < -0.4 is 4.90 Å². The Balaban J connectivity index is 2.03. The summed E-state index contributed by atoms with van der Waals surface area (Å²) in [6, 6.07) is 4.43. The summed E-state index contributed by atoms with van der Waals surface area (Å²) in [6.07, 6.45) is 1.78. The summed E-state index contributed by atoms with van der Waals surface area (Å²) in [7, 11) is 0. The molecule has 108 valence electrons. The molecule has 7 heteroatoms. The number of nitro groups is 1. The second kappa shape index (κ2) is 6.09. The van der Waals surface area contributed by atoms with Crippen molar-refractivity contribution < 1.29 is 14.8 Å². The van der Waals surface area contributed by atoms with E-state index in [0.29, 0.717) is 5.02 Å². The number of piperidine rings is 1. The van der Waals surface area contributed by atoms with Gasteiger partial charge in [-0.3, -0.25) is 14.9 Å². The second-order valence-electron chi connectivity index (χ2n) is 4.92. The molecule has 0 unspecified atom stereocenters. The maximum absolute atomic E-state index is 10.7. The van der Waals surface area contributed by atoms with Gasteiger partial charge in [0.05, 0.1) is 15.6 Å². The Labute approximate surface area is 121 Å². The van der Waals surface area contributed by atoms with Crippen LogP contribution in [-0.4, -0.2) is 29.1 Å². The molecule has 1 saturated heterocycles. The van der Waals surface area contributed by atoms with E-state index in [1.54, 1.807) is 6.07 Å². The van der Waals surface area contributed by atoms with Crippen molar-refractivity contribution in [2.45, 2.75) is 19.3 Å². The number of halogens is 1. The largest absolute Gasteiger partial charge is 0.481 e. The maximum Gasteiger partial charge on any atom is 0.303 e. The summed E-state index contributed by atoms with van der Waals surface area (Å²) in [5.41, 5.74) is 0.741. The van der Waals surface area contributed by atoms with E-state index in [-0.39, 0.29) is 18.0 Å². The molecule has 0 saturated carbocycles. The average Bonchev–Trinajstić information content (AvgIpc) is 2.39. The smallest absolute Gasteiger partial charge is 0.303 e. The van der Waals surface area contributed by atoms with Gasteiger partial charge in [-0.2, -0.15) is 0 Å². The van der Waals surface area contributed by atoms with Crippen molar-refractivity contribution in [2.24, 2.45) is 5.92 Å². The van der Waals surface area contributed by atoms with E-state index in [2.05, 4.69) is 0 Å². The molecule has 1 heterocycles. The van der Waals surface area contributed by atoms with Crippen LogP contribution in [0.4, 0.5) is 11.4 Å². The predicted octanol–water partition coefficient (Wildman–Crippen LogP) is 2.94. The van der Waals surface area contributed by atoms with Crippen molar-refractivity contribution in [2.75, 3.05) is 18.0 Å². The lowest BCUT2D eigenvalue weighted by molar-refractivity contribution is -0.384. The number of anilines is 1. The molecular formula is C13H15ClN2O4. The number of aliphatic carboxylic acids is 1. The fourth-order valence-electron chi connectivity index (χ4n) is 2.49. The average molecular weight is 299 g/mol. The first-order valence-corrected chi connectivity index (χ1v) is 6.76. The third-order valence-corrected chi connectivity index (χ3v) is 3.86. The fraction of sp³-hybridized carbons (Fsp3) is 0.462. The zero-order valence-corrected chi connectivity index (χ0v) is 11.5. The van der Waals surface area contributed by atoms with Crippen LogP contribution in [0.3, 0.4) is 0 Å². The number of hydrogen-bond acceptors (Lipinski definition) is 4. The molecule has 1 aliphatic rings. The van der Waals surface area contributed by atoms with Gasteiger partial charge >= 0.3 is 5.97 Å². The number of carbonyl (C=O) groups is 1. The van der Waals surface area contributed by atoms with E-state index in [1.165, 1.54) is 12.1 Å². The van der Waals surface area contributed by atoms with Crippen LogP contribution >= 0.6 is 11.6 Å². The third-order valence-electron chi connectivity index (χ3n) is 3.56. The molecule has 20 heavy (non-hydrogen) atoms. The molecule has 0 atom stereocenters. The minimum Gasteiger partial charge on any atom is -0.481 e. The fourth-order valence-corrected chi connectivity index (χ4v) is 2.79. The van der Waals surface area contributed by atoms with E-state index in [9.17, 15) is 14.9 Å². The summed E-state index contributed by atoms with van der Waals surface area (Å²) in [5, 5.41) is 19.8. The molecule has 0 aromatic heterocycles. The Bertz CT molecular complexity index is 527. The van der Waals surface area contributed by atoms with Crippen LogP contribution in [-0.2, 0) is 4.79 Å². The summed E-state index contributed by atoms with van der Waals surface area (Å²) >= 11 is 6.09. The Hall–Kier alpha value is -1.82. The number of carboxylic acids is 1. The van der Waals surface area contributed by atoms with E-state index >= 15 is 0 Å². The zero-order chi connectivity index (χ0) is 14.7. The minimum atomic E-state index is -0.767. The van der Waals surface area contributed by atoms with Crippen LogP contribution in [0.15, 0.2) is 18.2 Å². The number of carboxylic acid groups (broad SMARTS) is 1. The molecule has 1 N–H and O–H groups in total. The lowest BCUT2D eigenvalue weighted by Gasteiger charge is -2.33. The molecule has 0 radical (unpaired) electrons. The van der Waals surface area contributed by atoms with Crippen molar-refractivity contribution in [3.63, 3.8) is 0 Å². The number of hydrogen-bond donors (Lipinski definition) is 1. The second-order valence-corrected chi connectivity index (χ2v) is 5.33. The SMILES string of the molecule is O=C(O)CC1CCN(c2ccc([N+](=O)[O-])cc2Cl)CC1. The lowest BCUT2D eigenvalue weighted by atomic mass is 9.93. The predicted molar refractivity (Wildman–Crippen MR) is 75.3 cm³/mol. The summed E-state index contributed by atoms with van der Waals surface area (Å²) < 4.78 is 0. The van der Waals surface area contributed by atoms with E-state index in [4.69, 9.17) is 16.7 Å². The lowest BCUT2D eigenvalue weighted by Crippen LogP contribution is -2.34. The first-order chi connectivity index (χ1) is 9.47. The van der Waals surface area contributed by atoms with Gasteiger partial charge in [-0.15, -0.1) is 0 Å². The van der Waals surface area contributed by atoms with Crippen LogP contribution in [0.1, 0.15) is 19.3 Å². The Kier molecular flexibility index (Phi) is 4.44. The van der Waals surface area contributed by atoms with Gasteiger partial charge in [0.25, 0.3) is 5.69 Å². The maximum atomic E-state index is 10.7. The topological polar surface area (TPSA) is 83.7 Å². The van der Waals surface area contributed by atoms with Crippen LogP contribution in [0, 0.1) is 16.0 Å². The Morgan fingerprint density at radius 3 is 2.60 bits per heavy atom. The quantitative estimate of drug-likeness (QED) is 0.682. The highest BCUT2D eigenvalue weighted by Crippen LogP contribution is 2.33. The molecule has 0 bridgehead atoms. The van der Waals surface area contributed by atoms with Gasteiger partial charge in [0.2, 0.25) is 0 Å². The standard InChI is InChI=1S/C13H15ClN2O4/c14-11-8-10(16(19)20)1-2-12(11)15-5-3-9(4-6-15)7-13(17)18/h1-2,8-9H,3-7H2,(H,17,18). The van der Waals surface area contributed by atoms with E-state index in [0.717, 1.165) is 31.6 Å². The van der Waals surface area contributed by atoms with E-state index in [1.807, 2.05) is 4.90 Å². The number of nitrogens with zero attached hydrogens (tertiary/aromatic N) is 2. The highest BCUT2D eigenvalue weighted by Gasteiger charge is 2.23. The number of nitro benzene ring substituents is 1. The number of rotatable bonds is 4. The summed E-state index contributed by atoms with van der Waals surface area (Å²) in [5.74, 6) is -0.572. The van der Waals surface area contributed by atoms with Crippen molar-refractivity contribution in [1.82, 2.24) is 0 Å². The monoisotopic (exact) mass is 298 g/mol. The molecule has 0 amide bonds. The van der Waals surface area contributed by atoms with Gasteiger partial charge < -0.3 is 10.0 Å². The van der Waals surface area contributed by atoms with Gasteiger partial charge in [0.1, 0.15) is 0 Å². The van der Waals surface area contributed by atoms with Gasteiger partial charge in [0, 0.05) is 31.6 Å². The summed E-state index contributed by atoms with van der Waals surface area (Å²) in [4.78, 5) is 22.9. The van der Waals surface area contributed by atoms with Crippen molar-refractivity contribution >= 4 is 28.9 Å². The number of benzene rings is 1. The molecule has 1 aromatic carbocycles. The Morgan fingerprint density at radius 2 is 2.10 bits per heavy atom. The molecule has 6 nitrogen and oxygen atoms in total. The summed E-state index contributed by atoms with van der Waals surface area (Å²) in [6.45, 7) is 1.44. The molecule has 0 aliphatic carbocycles. The molecule has 2 rings (SSSR count). The highest BCUT2D eigenvalue weighted by molar-refractivity contribution is 6.33. The van der Waals surface area contributed by atoms with Crippen molar-refractivity contribution in [3.8, 4) is 0 Å². The van der Waals surface area contributed by atoms with Gasteiger partial charge in [-0.05, 0) is 24.8 Å².